The van der Waals surface area contributed by atoms with Crippen LogP contribution in [0.5, 0.6) is 5.75 Å². The number of benzene rings is 1. The zero-order chi connectivity index (χ0) is 12.4. The molecular formula is C14H16N2O2. The van der Waals surface area contributed by atoms with Gasteiger partial charge in [0.1, 0.15) is 17.9 Å². The summed E-state index contributed by atoms with van der Waals surface area (Å²) in [5, 5.41) is 0.933. The van der Waals surface area contributed by atoms with Gasteiger partial charge < -0.3 is 15.2 Å². The number of nitrogen functional groups attached to an aromatic ring is 1. The van der Waals surface area contributed by atoms with Crippen LogP contribution in [0.3, 0.4) is 0 Å². The lowest BCUT2D eigenvalue weighted by Crippen LogP contribution is -2.16. The molecule has 0 amide bonds. The van der Waals surface area contributed by atoms with Crippen molar-refractivity contribution in [2.75, 3.05) is 18.9 Å². The summed E-state index contributed by atoms with van der Waals surface area (Å²) < 4.78 is 11.4. The smallest absolute Gasteiger partial charge is 0.145 e. The molecule has 0 aliphatic carbocycles. The number of ether oxygens (including phenoxy) is 2. The Bertz CT molecular complexity index is 550. The molecule has 1 unspecified atom stereocenters. The third kappa shape index (κ3) is 2.11. The van der Waals surface area contributed by atoms with Crippen LogP contribution >= 0.6 is 0 Å². The highest BCUT2D eigenvalue weighted by Crippen LogP contribution is 2.28. The number of hydrogen-bond donors (Lipinski definition) is 1. The Morgan fingerprint density at radius 2 is 2.33 bits per heavy atom. The molecule has 1 aliphatic heterocycles. The van der Waals surface area contributed by atoms with Gasteiger partial charge in [0.05, 0.1) is 6.10 Å². The first kappa shape index (κ1) is 11.3. The lowest BCUT2D eigenvalue weighted by Gasteiger charge is -2.13. The van der Waals surface area contributed by atoms with Gasteiger partial charge in [-0.3, -0.25) is 4.98 Å². The fraction of sp³-hybridized carbons (Fsp3) is 0.357. The molecular weight excluding hydrogens is 228 g/mol. The van der Waals surface area contributed by atoms with Crippen molar-refractivity contribution in [2.45, 2.75) is 18.9 Å². The molecule has 18 heavy (non-hydrogen) atoms. The predicted octanol–water partition coefficient (Wildman–Crippen LogP) is 2.37. The van der Waals surface area contributed by atoms with Crippen LogP contribution in [-0.4, -0.2) is 24.3 Å². The standard InChI is InChI=1S/C14H16N2O2/c15-12-5-6-13(14-11(12)4-1-7-16-14)18-9-10-3-2-8-17-10/h1,4-7,10H,2-3,8-9,15H2. The second-order valence-electron chi connectivity index (χ2n) is 4.50. The van der Waals surface area contributed by atoms with E-state index in [4.69, 9.17) is 15.2 Å². The van der Waals surface area contributed by atoms with Crippen LogP contribution in [0.2, 0.25) is 0 Å². The van der Waals surface area contributed by atoms with Crippen LogP contribution in [0.25, 0.3) is 10.9 Å². The van der Waals surface area contributed by atoms with Gasteiger partial charge >= 0.3 is 0 Å². The summed E-state index contributed by atoms with van der Waals surface area (Å²) in [5.74, 6) is 0.773. The SMILES string of the molecule is Nc1ccc(OCC2CCCO2)c2ncccc12. The molecule has 4 nitrogen and oxygen atoms in total. The van der Waals surface area contributed by atoms with Gasteiger partial charge in [-0.15, -0.1) is 0 Å². The Labute approximate surface area is 106 Å². The van der Waals surface area contributed by atoms with Crippen LogP contribution in [0, 0.1) is 0 Å². The molecule has 1 aliphatic rings. The maximum Gasteiger partial charge on any atom is 0.145 e. The summed E-state index contributed by atoms with van der Waals surface area (Å²) in [5.41, 5.74) is 7.46. The minimum Gasteiger partial charge on any atom is -0.489 e. The Balaban J connectivity index is 1.85. The van der Waals surface area contributed by atoms with Gasteiger partial charge in [0, 0.05) is 23.9 Å². The molecule has 1 saturated heterocycles. The second-order valence-corrected chi connectivity index (χ2v) is 4.50. The van der Waals surface area contributed by atoms with Gasteiger partial charge in [0.25, 0.3) is 0 Å². The largest absolute Gasteiger partial charge is 0.489 e. The molecule has 2 aromatic rings. The molecule has 3 rings (SSSR count). The van der Waals surface area contributed by atoms with Crippen molar-refractivity contribution in [2.24, 2.45) is 0 Å². The number of pyridine rings is 1. The van der Waals surface area contributed by atoms with E-state index in [0.717, 1.165) is 41.8 Å². The highest BCUT2D eigenvalue weighted by Gasteiger charge is 2.16. The molecule has 1 aromatic heterocycles. The third-order valence-electron chi connectivity index (χ3n) is 3.22. The lowest BCUT2D eigenvalue weighted by molar-refractivity contribution is 0.0684. The summed E-state index contributed by atoms with van der Waals surface area (Å²) in [6.45, 7) is 1.42. The van der Waals surface area contributed by atoms with Crippen LogP contribution in [0.1, 0.15) is 12.8 Å². The second kappa shape index (κ2) is 4.82. The maximum absolute atomic E-state index is 5.92. The minimum absolute atomic E-state index is 0.210. The summed E-state index contributed by atoms with van der Waals surface area (Å²) in [6, 6.07) is 7.56. The van der Waals surface area contributed by atoms with E-state index >= 15 is 0 Å². The van der Waals surface area contributed by atoms with Crippen LogP contribution in [0.15, 0.2) is 30.5 Å². The van der Waals surface area contributed by atoms with Crippen molar-refractivity contribution in [1.29, 1.82) is 0 Å². The van der Waals surface area contributed by atoms with E-state index in [2.05, 4.69) is 4.98 Å². The van der Waals surface area contributed by atoms with Crippen LogP contribution < -0.4 is 10.5 Å². The van der Waals surface area contributed by atoms with Gasteiger partial charge in [0.15, 0.2) is 0 Å². The number of hydrogen-bond acceptors (Lipinski definition) is 4. The molecule has 94 valence electrons. The van der Waals surface area contributed by atoms with Crippen molar-refractivity contribution in [3.8, 4) is 5.75 Å². The molecule has 1 fully saturated rings. The molecule has 2 N–H and O–H groups in total. The number of aromatic nitrogens is 1. The van der Waals surface area contributed by atoms with Crippen molar-refractivity contribution in [3.63, 3.8) is 0 Å². The molecule has 0 saturated carbocycles. The van der Waals surface area contributed by atoms with Gasteiger partial charge in [0.2, 0.25) is 0 Å². The summed E-state index contributed by atoms with van der Waals surface area (Å²) in [6.07, 6.45) is 4.15. The first-order valence-corrected chi connectivity index (χ1v) is 6.22. The monoisotopic (exact) mass is 244 g/mol. The fourth-order valence-corrected chi connectivity index (χ4v) is 2.24. The van der Waals surface area contributed by atoms with E-state index in [1.165, 1.54) is 0 Å². The zero-order valence-electron chi connectivity index (χ0n) is 10.1. The number of fused-ring (bicyclic) bond motifs is 1. The Morgan fingerprint density at radius 3 is 3.17 bits per heavy atom. The normalized spacial score (nSPS) is 19.2. The number of nitrogens with zero attached hydrogens (tertiary/aromatic N) is 1. The van der Waals surface area contributed by atoms with Crippen molar-refractivity contribution < 1.29 is 9.47 Å². The fourth-order valence-electron chi connectivity index (χ4n) is 2.24. The van der Waals surface area contributed by atoms with E-state index in [0.29, 0.717) is 6.61 Å². The van der Waals surface area contributed by atoms with Crippen molar-refractivity contribution >= 4 is 16.6 Å². The summed E-state index contributed by atoms with van der Waals surface area (Å²) in [7, 11) is 0. The van der Waals surface area contributed by atoms with Crippen LogP contribution in [-0.2, 0) is 4.74 Å². The maximum atomic E-state index is 5.92. The highest BCUT2D eigenvalue weighted by molar-refractivity contribution is 5.94. The molecule has 1 aromatic carbocycles. The first-order valence-electron chi connectivity index (χ1n) is 6.22. The molecule has 0 bridgehead atoms. The number of rotatable bonds is 3. The van der Waals surface area contributed by atoms with Crippen molar-refractivity contribution in [1.82, 2.24) is 4.98 Å². The molecule has 4 heteroatoms. The zero-order valence-corrected chi connectivity index (χ0v) is 10.1. The predicted molar refractivity (Wildman–Crippen MR) is 70.6 cm³/mol. The lowest BCUT2D eigenvalue weighted by atomic mass is 10.1. The van der Waals surface area contributed by atoms with Gasteiger partial charge in [-0.1, -0.05) is 0 Å². The van der Waals surface area contributed by atoms with E-state index < -0.39 is 0 Å². The van der Waals surface area contributed by atoms with Gasteiger partial charge in [-0.05, 0) is 37.1 Å². The van der Waals surface area contributed by atoms with E-state index in [9.17, 15) is 0 Å². The van der Waals surface area contributed by atoms with Gasteiger partial charge in [-0.2, -0.15) is 0 Å². The Morgan fingerprint density at radius 1 is 1.39 bits per heavy atom. The molecule has 2 heterocycles. The molecule has 1 atom stereocenters. The minimum atomic E-state index is 0.210. The quantitative estimate of drug-likeness (QED) is 0.842. The first-order chi connectivity index (χ1) is 8.84. The number of nitrogens with two attached hydrogens (primary N) is 1. The summed E-state index contributed by atoms with van der Waals surface area (Å²) >= 11 is 0. The average Bonchev–Trinajstić information content (AvgIpc) is 2.92. The number of anilines is 1. The third-order valence-corrected chi connectivity index (χ3v) is 3.22. The Kier molecular flexibility index (Phi) is 3.02. The Hall–Kier alpha value is -1.81. The van der Waals surface area contributed by atoms with E-state index in [1.807, 2.05) is 24.3 Å². The topological polar surface area (TPSA) is 57.4 Å². The average molecular weight is 244 g/mol. The molecule has 0 radical (unpaired) electrons. The highest BCUT2D eigenvalue weighted by atomic mass is 16.5. The summed E-state index contributed by atoms with van der Waals surface area (Å²) in [4.78, 5) is 4.34. The van der Waals surface area contributed by atoms with Crippen LogP contribution in [0.4, 0.5) is 5.69 Å². The van der Waals surface area contributed by atoms with E-state index in [1.54, 1.807) is 6.20 Å². The van der Waals surface area contributed by atoms with Gasteiger partial charge in [-0.25, -0.2) is 0 Å². The van der Waals surface area contributed by atoms with Crippen molar-refractivity contribution in [3.05, 3.63) is 30.5 Å². The van der Waals surface area contributed by atoms with E-state index in [-0.39, 0.29) is 6.10 Å². The molecule has 0 spiro atoms.